The normalized spacial score (nSPS) is 12.3. The maximum atomic E-state index is 12.1. The van der Waals surface area contributed by atoms with Crippen LogP contribution in [-0.2, 0) is 34.3 Å². The van der Waals surface area contributed by atoms with E-state index in [1.54, 1.807) is 0 Å². The summed E-state index contributed by atoms with van der Waals surface area (Å²) in [6, 6.07) is 7.83. The van der Waals surface area contributed by atoms with Gasteiger partial charge in [0.1, 0.15) is 5.75 Å². The first-order valence-corrected chi connectivity index (χ1v) is 9.40. The van der Waals surface area contributed by atoms with Crippen molar-refractivity contribution in [2.24, 2.45) is 5.92 Å². The maximum Gasteiger partial charge on any atom is 0.232 e. The first-order valence-electron chi connectivity index (χ1n) is 7.91. The summed E-state index contributed by atoms with van der Waals surface area (Å²) in [6.07, 6.45) is 0.691. The van der Waals surface area contributed by atoms with Gasteiger partial charge in [0, 0.05) is 23.8 Å². The van der Waals surface area contributed by atoms with Crippen molar-refractivity contribution < 1.29 is 13.5 Å². The molecule has 0 aliphatic carbocycles. The summed E-state index contributed by atoms with van der Waals surface area (Å²) >= 11 is 0. The number of aromatic nitrogens is 2. The Morgan fingerprint density at radius 2 is 2.08 bits per heavy atom. The van der Waals surface area contributed by atoms with Crippen molar-refractivity contribution in [1.29, 1.82) is 0 Å². The van der Waals surface area contributed by atoms with Crippen molar-refractivity contribution in [3.8, 4) is 0 Å². The molecule has 0 saturated heterocycles. The van der Waals surface area contributed by atoms with Crippen molar-refractivity contribution >= 4 is 16.7 Å². The van der Waals surface area contributed by atoms with E-state index in [1.807, 2.05) is 31.2 Å². The van der Waals surface area contributed by atoms with Crippen LogP contribution in [0.5, 0.6) is 0 Å². The molecule has 2 aromatic rings. The van der Waals surface area contributed by atoms with E-state index in [0.717, 1.165) is 11.1 Å². The summed E-state index contributed by atoms with van der Waals surface area (Å²) in [5, 5.41) is 6.60. The first kappa shape index (κ1) is 18.3. The average Bonchev–Trinajstić information content (AvgIpc) is 2.92. The molecule has 0 unspecified atom stereocenters. The van der Waals surface area contributed by atoms with Crippen molar-refractivity contribution in [3.05, 3.63) is 47.1 Å². The zero-order valence-electron chi connectivity index (χ0n) is 14.2. The number of amides is 1. The second kappa shape index (κ2) is 8.73. The van der Waals surface area contributed by atoms with Crippen LogP contribution in [0.25, 0.3) is 0 Å². The molecule has 0 fully saturated rings. The van der Waals surface area contributed by atoms with Gasteiger partial charge < -0.3 is 9.84 Å². The number of carbonyl (C=O) groups is 1. The van der Waals surface area contributed by atoms with E-state index in [0.29, 0.717) is 30.6 Å². The van der Waals surface area contributed by atoms with Gasteiger partial charge in [0.15, 0.2) is 5.82 Å². The quantitative estimate of drug-likeness (QED) is 0.789. The smallest absolute Gasteiger partial charge is 0.232 e. The van der Waals surface area contributed by atoms with Crippen molar-refractivity contribution in [1.82, 2.24) is 15.5 Å². The molecule has 1 atom stereocenters. The summed E-state index contributed by atoms with van der Waals surface area (Å²) in [7, 11) is -1.36. The second-order valence-electron chi connectivity index (χ2n) is 6.13. The van der Waals surface area contributed by atoms with E-state index in [9.17, 15) is 9.00 Å². The Morgan fingerprint density at radius 3 is 2.79 bits per heavy atom. The van der Waals surface area contributed by atoms with E-state index in [-0.39, 0.29) is 17.4 Å². The molecule has 1 amide bonds. The van der Waals surface area contributed by atoms with E-state index < -0.39 is 10.8 Å². The number of benzene rings is 1. The minimum Gasteiger partial charge on any atom is -0.351 e. The molecular weight excluding hydrogens is 326 g/mol. The minimum absolute atomic E-state index is 0.0695. The van der Waals surface area contributed by atoms with Crippen LogP contribution >= 0.6 is 0 Å². The molecule has 0 radical (unpaired) electrons. The number of hydrogen-bond donors (Lipinski definition) is 1. The van der Waals surface area contributed by atoms with Crippen LogP contribution in [0.4, 0.5) is 0 Å². The predicted molar refractivity (Wildman–Crippen MR) is 92.6 cm³/mol. The molecule has 1 aromatic carbocycles. The Hall–Kier alpha value is -2.02. The third-order valence-electron chi connectivity index (χ3n) is 3.41. The Bertz CT molecular complexity index is 713. The summed E-state index contributed by atoms with van der Waals surface area (Å²) in [5.41, 5.74) is 2.16. The molecule has 1 heterocycles. The number of rotatable bonds is 8. The third kappa shape index (κ3) is 5.88. The van der Waals surface area contributed by atoms with E-state index >= 15 is 0 Å². The van der Waals surface area contributed by atoms with Crippen molar-refractivity contribution in [2.75, 3.05) is 5.75 Å². The summed E-state index contributed by atoms with van der Waals surface area (Å²) < 4.78 is 17.2. The lowest BCUT2D eigenvalue weighted by Gasteiger charge is -2.07. The van der Waals surface area contributed by atoms with Gasteiger partial charge in [-0.3, -0.25) is 9.00 Å². The van der Waals surface area contributed by atoms with Gasteiger partial charge in [0.05, 0.1) is 5.75 Å². The van der Waals surface area contributed by atoms with Gasteiger partial charge in [-0.1, -0.05) is 43.3 Å². The largest absolute Gasteiger partial charge is 0.351 e. The molecule has 0 saturated carbocycles. The van der Waals surface area contributed by atoms with Crippen LogP contribution in [0.15, 0.2) is 28.8 Å². The number of aryl methyl sites for hydroxylation is 1. The fourth-order valence-electron chi connectivity index (χ4n) is 2.18. The highest BCUT2D eigenvalue weighted by molar-refractivity contribution is 7.84. The third-order valence-corrected chi connectivity index (χ3v) is 4.58. The molecule has 0 aliphatic heterocycles. The van der Waals surface area contributed by atoms with Crippen molar-refractivity contribution in [2.45, 2.75) is 39.5 Å². The lowest BCUT2D eigenvalue weighted by Crippen LogP contribution is -2.28. The molecule has 0 spiro atoms. The molecule has 130 valence electrons. The Kier molecular flexibility index (Phi) is 6.66. The predicted octanol–water partition coefficient (Wildman–Crippen LogP) is 2.14. The summed E-state index contributed by atoms with van der Waals surface area (Å²) in [5.74, 6) is 1.15. The standard InChI is InChI=1S/C17H23N3O3S/c1-12(2)8-17-19-15(20-23-17)10-24(22)11-16(21)18-9-14-7-5-4-6-13(14)3/h4-7,12H,8-11H2,1-3H3,(H,18,21)/t24-/m1/s1. The van der Waals surface area contributed by atoms with Crippen LogP contribution in [0.2, 0.25) is 0 Å². The average molecular weight is 349 g/mol. The molecule has 6 nitrogen and oxygen atoms in total. The lowest BCUT2D eigenvalue weighted by molar-refractivity contribution is -0.118. The fourth-order valence-corrected chi connectivity index (χ4v) is 3.08. The molecule has 24 heavy (non-hydrogen) atoms. The van der Waals surface area contributed by atoms with Gasteiger partial charge in [-0.2, -0.15) is 4.98 Å². The van der Waals surface area contributed by atoms with Crippen LogP contribution in [-0.4, -0.2) is 26.0 Å². The molecule has 0 bridgehead atoms. The number of nitrogens with zero attached hydrogens (tertiary/aromatic N) is 2. The van der Waals surface area contributed by atoms with Crippen LogP contribution in [0.1, 0.15) is 36.7 Å². The summed E-state index contributed by atoms with van der Waals surface area (Å²) in [6.45, 7) is 6.54. The highest BCUT2D eigenvalue weighted by Gasteiger charge is 2.14. The SMILES string of the molecule is Cc1ccccc1CNC(=O)C[S@](=O)Cc1noc(CC(C)C)n1. The zero-order chi connectivity index (χ0) is 17.5. The zero-order valence-corrected chi connectivity index (χ0v) is 15.1. The monoisotopic (exact) mass is 349 g/mol. The second-order valence-corrected chi connectivity index (χ2v) is 7.59. The highest BCUT2D eigenvalue weighted by atomic mass is 32.2. The van der Waals surface area contributed by atoms with E-state index in [1.165, 1.54) is 0 Å². The van der Waals surface area contributed by atoms with Gasteiger partial charge in [-0.05, 0) is 24.0 Å². The Balaban J connectivity index is 1.78. The number of carbonyl (C=O) groups excluding carboxylic acids is 1. The fraction of sp³-hybridized carbons (Fsp3) is 0.471. The first-order chi connectivity index (χ1) is 11.4. The topological polar surface area (TPSA) is 85.1 Å². The van der Waals surface area contributed by atoms with Gasteiger partial charge in [0.25, 0.3) is 0 Å². The van der Waals surface area contributed by atoms with Gasteiger partial charge in [-0.25, -0.2) is 0 Å². The van der Waals surface area contributed by atoms with Crippen LogP contribution < -0.4 is 5.32 Å². The number of nitrogens with one attached hydrogen (secondary N) is 1. The van der Waals surface area contributed by atoms with Crippen molar-refractivity contribution in [3.63, 3.8) is 0 Å². The highest BCUT2D eigenvalue weighted by Crippen LogP contribution is 2.08. The Labute approximate surface area is 144 Å². The molecular formula is C17H23N3O3S. The minimum atomic E-state index is -1.36. The molecule has 0 aliphatic rings. The molecule has 7 heteroatoms. The van der Waals surface area contributed by atoms with Gasteiger partial charge >= 0.3 is 0 Å². The molecule has 1 aromatic heterocycles. The van der Waals surface area contributed by atoms with Crippen LogP contribution in [0, 0.1) is 12.8 Å². The van der Waals surface area contributed by atoms with Gasteiger partial charge in [-0.15, -0.1) is 0 Å². The summed E-state index contributed by atoms with van der Waals surface area (Å²) in [4.78, 5) is 16.1. The molecule has 1 N–H and O–H groups in total. The van der Waals surface area contributed by atoms with Gasteiger partial charge in [0.2, 0.25) is 11.8 Å². The van der Waals surface area contributed by atoms with Crippen LogP contribution in [0.3, 0.4) is 0 Å². The van der Waals surface area contributed by atoms with E-state index in [2.05, 4.69) is 29.3 Å². The van der Waals surface area contributed by atoms with E-state index in [4.69, 9.17) is 4.52 Å². The lowest BCUT2D eigenvalue weighted by atomic mass is 10.1. The number of hydrogen-bond acceptors (Lipinski definition) is 5. The maximum absolute atomic E-state index is 12.1. The Morgan fingerprint density at radius 1 is 1.33 bits per heavy atom. The molecule has 2 rings (SSSR count).